The van der Waals surface area contributed by atoms with Crippen LogP contribution in [0, 0.1) is 11.3 Å². The maximum absolute atomic E-state index is 10.9. The average Bonchev–Trinajstić information content (AvgIpc) is 2.28. The Morgan fingerprint density at radius 1 is 1.43 bits per heavy atom. The van der Waals surface area contributed by atoms with Gasteiger partial charge in [0, 0.05) is 5.92 Å². The van der Waals surface area contributed by atoms with Gasteiger partial charge in [0.15, 0.2) is 0 Å². The van der Waals surface area contributed by atoms with Crippen molar-refractivity contribution in [3.63, 3.8) is 0 Å². The van der Waals surface area contributed by atoms with Gasteiger partial charge in [-0.05, 0) is 24.7 Å². The van der Waals surface area contributed by atoms with E-state index in [1.807, 2.05) is 0 Å². The summed E-state index contributed by atoms with van der Waals surface area (Å²) in [6, 6.07) is 0. The molecule has 0 amide bonds. The SMILES string of the molecule is CCC1=CC(C=O)CC(CC)(CC)C1. The van der Waals surface area contributed by atoms with Crippen molar-refractivity contribution in [1.82, 2.24) is 0 Å². The van der Waals surface area contributed by atoms with Gasteiger partial charge >= 0.3 is 0 Å². The van der Waals surface area contributed by atoms with Gasteiger partial charge < -0.3 is 4.79 Å². The first-order valence-electron chi connectivity index (χ1n) is 5.84. The molecular weight excluding hydrogens is 172 g/mol. The van der Waals surface area contributed by atoms with Gasteiger partial charge in [-0.2, -0.15) is 0 Å². The van der Waals surface area contributed by atoms with Crippen LogP contribution in [0.3, 0.4) is 0 Å². The molecule has 0 heterocycles. The molecule has 0 N–H and O–H groups in total. The molecule has 1 rings (SSSR count). The van der Waals surface area contributed by atoms with Crippen LogP contribution in [0.1, 0.15) is 52.9 Å². The smallest absolute Gasteiger partial charge is 0.126 e. The molecule has 0 radical (unpaired) electrons. The zero-order chi connectivity index (χ0) is 10.6. The number of allylic oxidation sites excluding steroid dienone is 2. The minimum absolute atomic E-state index is 0.179. The van der Waals surface area contributed by atoms with Crippen molar-refractivity contribution in [2.75, 3.05) is 0 Å². The zero-order valence-corrected chi connectivity index (χ0v) is 9.68. The highest BCUT2D eigenvalue weighted by molar-refractivity contribution is 5.57. The molecule has 14 heavy (non-hydrogen) atoms. The van der Waals surface area contributed by atoms with Crippen molar-refractivity contribution < 1.29 is 4.79 Å². The van der Waals surface area contributed by atoms with Crippen LogP contribution in [0.2, 0.25) is 0 Å². The highest BCUT2D eigenvalue weighted by atomic mass is 16.1. The lowest BCUT2D eigenvalue weighted by atomic mass is 9.67. The topological polar surface area (TPSA) is 17.1 Å². The fraction of sp³-hybridized carbons (Fsp3) is 0.769. The Morgan fingerprint density at radius 3 is 2.50 bits per heavy atom. The summed E-state index contributed by atoms with van der Waals surface area (Å²) in [5.74, 6) is 0.179. The lowest BCUT2D eigenvalue weighted by Gasteiger charge is -2.38. The van der Waals surface area contributed by atoms with E-state index in [1.54, 1.807) is 0 Å². The van der Waals surface area contributed by atoms with Crippen molar-refractivity contribution in [3.05, 3.63) is 11.6 Å². The van der Waals surface area contributed by atoms with Crippen molar-refractivity contribution >= 4 is 6.29 Å². The van der Waals surface area contributed by atoms with Crippen LogP contribution in [0.4, 0.5) is 0 Å². The molecule has 1 atom stereocenters. The fourth-order valence-electron chi connectivity index (χ4n) is 2.59. The number of aldehydes is 1. The molecule has 0 saturated heterocycles. The van der Waals surface area contributed by atoms with E-state index in [0.717, 1.165) is 19.1 Å². The van der Waals surface area contributed by atoms with E-state index in [4.69, 9.17) is 0 Å². The van der Waals surface area contributed by atoms with Crippen LogP contribution in [-0.4, -0.2) is 6.29 Å². The van der Waals surface area contributed by atoms with Crippen LogP contribution < -0.4 is 0 Å². The monoisotopic (exact) mass is 194 g/mol. The maximum atomic E-state index is 10.9. The normalized spacial score (nSPS) is 25.6. The molecule has 1 heteroatoms. The van der Waals surface area contributed by atoms with Gasteiger partial charge in [-0.1, -0.05) is 45.3 Å². The third-order valence-electron chi connectivity index (χ3n) is 3.85. The quantitative estimate of drug-likeness (QED) is 0.492. The van der Waals surface area contributed by atoms with Crippen LogP contribution in [0.5, 0.6) is 0 Å². The first-order valence-corrected chi connectivity index (χ1v) is 5.84. The van der Waals surface area contributed by atoms with Gasteiger partial charge in [0.05, 0.1) is 0 Å². The van der Waals surface area contributed by atoms with E-state index in [-0.39, 0.29) is 5.92 Å². The molecule has 1 aliphatic carbocycles. The minimum Gasteiger partial charge on any atom is -0.303 e. The summed E-state index contributed by atoms with van der Waals surface area (Å²) in [6.07, 6.45) is 9.09. The summed E-state index contributed by atoms with van der Waals surface area (Å²) in [6.45, 7) is 6.70. The highest BCUT2D eigenvalue weighted by Crippen LogP contribution is 2.44. The number of hydrogen-bond donors (Lipinski definition) is 0. The van der Waals surface area contributed by atoms with E-state index < -0.39 is 0 Å². The van der Waals surface area contributed by atoms with E-state index in [1.165, 1.54) is 24.8 Å². The summed E-state index contributed by atoms with van der Waals surface area (Å²) in [4.78, 5) is 10.9. The number of carbonyl (C=O) groups is 1. The zero-order valence-electron chi connectivity index (χ0n) is 9.68. The van der Waals surface area contributed by atoms with Crippen molar-refractivity contribution in [2.45, 2.75) is 52.9 Å². The average molecular weight is 194 g/mol. The van der Waals surface area contributed by atoms with Crippen LogP contribution in [0.25, 0.3) is 0 Å². The standard InChI is InChI=1S/C13H22O/c1-4-11-7-12(10-14)9-13(5-2,6-3)8-11/h7,10,12H,4-6,8-9H2,1-3H3. The minimum atomic E-state index is 0.179. The number of rotatable bonds is 4. The van der Waals surface area contributed by atoms with E-state index in [9.17, 15) is 4.79 Å². The Morgan fingerprint density at radius 2 is 2.07 bits per heavy atom. The molecule has 0 fully saturated rings. The van der Waals surface area contributed by atoms with Gasteiger partial charge in [-0.25, -0.2) is 0 Å². The Hall–Kier alpha value is -0.590. The van der Waals surface area contributed by atoms with Gasteiger partial charge in [0.1, 0.15) is 6.29 Å². The second-order valence-electron chi connectivity index (χ2n) is 4.57. The number of carbonyl (C=O) groups excluding carboxylic acids is 1. The summed E-state index contributed by atoms with van der Waals surface area (Å²) in [5, 5.41) is 0. The van der Waals surface area contributed by atoms with Crippen molar-refractivity contribution in [2.24, 2.45) is 11.3 Å². The first-order chi connectivity index (χ1) is 6.69. The molecule has 1 nitrogen and oxygen atoms in total. The third-order valence-corrected chi connectivity index (χ3v) is 3.85. The second-order valence-corrected chi connectivity index (χ2v) is 4.57. The van der Waals surface area contributed by atoms with Crippen LogP contribution in [-0.2, 0) is 4.79 Å². The van der Waals surface area contributed by atoms with Crippen LogP contribution >= 0.6 is 0 Å². The fourth-order valence-corrected chi connectivity index (χ4v) is 2.59. The molecule has 0 aliphatic heterocycles. The van der Waals surface area contributed by atoms with Gasteiger partial charge in [-0.3, -0.25) is 0 Å². The van der Waals surface area contributed by atoms with E-state index in [2.05, 4.69) is 26.8 Å². The molecule has 0 spiro atoms. The predicted octanol–water partition coefficient (Wildman–Crippen LogP) is 3.74. The summed E-state index contributed by atoms with van der Waals surface area (Å²) in [5.41, 5.74) is 1.89. The highest BCUT2D eigenvalue weighted by Gasteiger charge is 2.33. The van der Waals surface area contributed by atoms with Gasteiger partial charge in [0.25, 0.3) is 0 Å². The molecule has 0 saturated carbocycles. The molecule has 0 bridgehead atoms. The lowest BCUT2D eigenvalue weighted by Crippen LogP contribution is -2.27. The van der Waals surface area contributed by atoms with E-state index >= 15 is 0 Å². The Bertz CT molecular complexity index is 223. The maximum Gasteiger partial charge on any atom is 0.126 e. The molecule has 0 aromatic carbocycles. The molecule has 1 unspecified atom stereocenters. The molecular formula is C13H22O. The molecule has 1 aliphatic rings. The van der Waals surface area contributed by atoms with Crippen molar-refractivity contribution in [3.8, 4) is 0 Å². The number of hydrogen-bond acceptors (Lipinski definition) is 1. The summed E-state index contributed by atoms with van der Waals surface area (Å²) < 4.78 is 0. The van der Waals surface area contributed by atoms with Crippen LogP contribution in [0.15, 0.2) is 11.6 Å². The van der Waals surface area contributed by atoms with E-state index in [0.29, 0.717) is 5.41 Å². The second kappa shape index (κ2) is 4.77. The largest absolute Gasteiger partial charge is 0.303 e. The molecule has 0 aromatic heterocycles. The Labute approximate surface area is 87.6 Å². The summed E-state index contributed by atoms with van der Waals surface area (Å²) >= 11 is 0. The molecule has 0 aromatic rings. The van der Waals surface area contributed by atoms with Gasteiger partial charge in [-0.15, -0.1) is 0 Å². The summed E-state index contributed by atoms with van der Waals surface area (Å²) in [7, 11) is 0. The lowest BCUT2D eigenvalue weighted by molar-refractivity contribution is -0.111. The Balaban J connectivity index is 2.85. The first kappa shape index (κ1) is 11.5. The van der Waals surface area contributed by atoms with Gasteiger partial charge in [0.2, 0.25) is 0 Å². The third kappa shape index (κ3) is 2.26. The predicted molar refractivity (Wildman–Crippen MR) is 60.2 cm³/mol. The Kier molecular flexibility index (Phi) is 3.91. The van der Waals surface area contributed by atoms with Crippen molar-refractivity contribution in [1.29, 1.82) is 0 Å². The molecule has 80 valence electrons.